The van der Waals surface area contributed by atoms with E-state index in [4.69, 9.17) is 0 Å². The lowest BCUT2D eigenvalue weighted by Crippen LogP contribution is -2.12. The number of nitrogens with zero attached hydrogens (tertiary/aromatic N) is 2. The van der Waals surface area contributed by atoms with E-state index in [1.54, 1.807) is 0 Å². The second kappa shape index (κ2) is 5.46. The molecule has 0 radical (unpaired) electrons. The Balaban J connectivity index is 1.87. The van der Waals surface area contributed by atoms with Crippen LogP contribution in [0.4, 0.5) is 0 Å². The molecule has 0 amide bonds. The molecule has 0 aromatic carbocycles. The molecule has 0 saturated carbocycles. The molecule has 5 nitrogen and oxygen atoms in total. The van der Waals surface area contributed by atoms with Gasteiger partial charge < -0.3 is 14.7 Å². The van der Waals surface area contributed by atoms with Gasteiger partial charge in [-0.3, -0.25) is 4.79 Å². The van der Waals surface area contributed by atoms with Crippen LogP contribution in [0.15, 0.2) is 34.7 Å². The number of hydrogen-bond donors (Lipinski definition) is 2. The van der Waals surface area contributed by atoms with E-state index in [0.717, 1.165) is 11.1 Å². The third-order valence-corrected chi connectivity index (χ3v) is 4.34. The van der Waals surface area contributed by atoms with Crippen molar-refractivity contribution in [2.45, 2.75) is 26.5 Å². The average Bonchev–Trinajstić information content (AvgIpc) is 3.06. The highest BCUT2D eigenvalue weighted by Gasteiger charge is 2.13. The predicted molar refractivity (Wildman–Crippen MR) is 83.6 cm³/mol. The molecule has 1 unspecified atom stereocenters. The van der Waals surface area contributed by atoms with E-state index in [1.165, 1.54) is 11.3 Å². The summed E-state index contributed by atoms with van der Waals surface area (Å²) in [7, 11) is 0. The Labute approximate surface area is 125 Å². The summed E-state index contributed by atoms with van der Waals surface area (Å²) in [4.78, 5) is 19.2. The molecule has 6 heteroatoms. The minimum Gasteiger partial charge on any atom is -0.388 e. The lowest BCUT2D eigenvalue weighted by atomic mass is 10.0. The molecule has 0 bridgehead atoms. The van der Waals surface area contributed by atoms with Crippen LogP contribution in [0.3, 0.4) is 0 Å². The Kier molecular flexibility index (Phi) is 3.65. The smallest absolute Gasteiger partial charge is 0.268 e. The number of H-pyrrole nitrogens is 1. The van der Waals surface area contributed by atoms with Gasteiger partial charge in [-0.15, -0.1) is 11.3 Å². The molecule has 3 aromatic heterocycles. The summed E-state index contributed by atoms with van der Waals surface area (Å²) < 4.78 is 2.57. The standard InChI is InChI=1S/C15H17N3O2S/c1-9(2)13(19)10-3-5-18(7-10)8-12-16-11-4-6-21-14(11)15(20)17-12/h3-7,9,13,19H,8H2,1-2H3,(H,16,17,20). The van der Waals surface area contributed by atoms with Gasteiger partial charge in [0.2, 0.25) is 0 Å². The molecule has 0 spiro atoms. The second-order valence-corrected chi connectivity index (χ2v) is 6.37. The van der Waals surface area contributed by atoms with Crippen molar-refractivity contribution in [3.8, 4) is 0 Å². The Morgan fingerprint density at radius 2 is 2.24 bits per heavy atom. The number of hydrogen-bond acceptors (Lipinski definition) is 4. The molecule has 0 saturated heterocycles. The van der Waals surface area contributed by atoms with Crippen LogP contribution in [-0.2, 0) is 6.54 Å². The summed E-state index contributed by atoms with van der Waals surface area (Å²) in [5.74, 6) is 0.785. The van der Waals surface area contributed by atoms with Crippen molar-refractivity contribution in [1.82, 2.24) is 14.5 Å². The first-order valence-corrected chi connectivity index (χ1v) is 7.72. The van der Waals surface area contributed by atoms with Gasteiger partial charge in [-0.1, -0.05) is 13.8 Å². The largest absolute Gasteiger partial charge is 0.388 e. The van der Waals surface area contributed by atoms with E-state index in [1.807, 2.05) is 48.3 Å². The normalized spacial score (nSPS) is 13.1. The third kappa shape index (κ3) is 2.77. The van der Waals surface area contributed by atoms with Crippen molar-refractivity contribution in [2.75, 3.05) is 0 Å². The van der Waals surface area contributed by atoms with Gasteiger partial charge in [0.25, 0.3) is 5.56 Å². The fourth-order valence-corrected chi connectivity index (χ4v) is 3.01. The maximum absolute atomic E-state index is 11.9. The van der Waals surface area contributed by atoms with E-state index >= 15 is 0 Å². The molecular formula is C15H17N3O2S. The van der Waals surface area contributed by atoms with Crippen LogP contribution in [0.2, 0.25) is 0 Å². The Bertz CT molecular complexity index is 816. The van der Waals surface area contributed by atoms with Crippen molar-refractivity contribution >= 4 is 21.6 Å². The molecule has 1 atom stereocenters. The van der Waals surface area contributed by atoms with Gasteiger partial charge in [-0.2, -0.15) is 0 Å². The molecule has 3 rings (SSSR count). The molecule has 3 aromatic rings. The van der Waals surface area contributed by atoms with Crippen LogP contribution < -0.4 is 5.56 Å². The molecule has 110 valence electrons. The second-order valence-electron chi connectivity index (χ2n) is 5.45. The van der Waals surface area contributed by atoms with Gasteiger partial charge in [-0.25, -0.2) is 4.98 Å². The van der Waals surface area contributed by atoms with Crippen LogP contribution in [0.5, 0.6) is 0 Å². The summed E-state index contributed by atoms with van der Waals surface area (Å²) in [6, 6.07) is 3.74. The van der Waals surface area contributed by atoms with Crippen LogP contribution in [0.25, 0.3) is 10.2 Å². The van der Waals surface area contributed by atoms with Gasteiger partial charge in [0.05, 0.1) is 18.2 Å². The van der Waals surface area contributed by atoms with Gasteiger partial charge in [0.1, 0.15) is 10.5 Å². The maximum Gasteiger partial charge on any atom is 0.268 e. The van der Waals surface area contributed by atoms with Gasteiger partial charge in [-0.05, 0) is 29.0 Å². The van der Waals surface area contributed by atoms with Crippen molar-refractivity contribution in [3.05, 3.63) is 51.6 Å². The number of nitrogens with one attached hydrogen (secondary N) is 1. The van der Waals surface area contributed by atoms with Gasteiger partial charge in [0, 0.05) is 12.4 Å². The van der Waals surface area contributed by atoms with E-state index in [9.17, 15) is 9.90 Å². The summed E-state index contributed by atoms with van der Waals surface area (Å²) in [5.41, 5.74) is 1.51. The number of thiophene rings is 1. The first-order valence-electron chi connectivity index (χ1n) is 6.84. The zero-order valence-corrected chi connectivity index (χ0v) is 12.7. The number of aromatic amines is 1. The molecule has 3 heterocycles. The molecule has 0 aliphatic rings. The van der Waals surface area contributed by atoms with E-state index in [-0.39, 0.29) is 11.5 Å². The topological polar surface area (TPSA) is 70.9 Å². The summed E-state index contributed by atoms with van der Waals surface area (Å²) >= 11 is 1.39. The molecule has 0 aliphatic carbocycles. The summed E-state index contributed by atoms with van der Waals surface area (Å²) in [6.07, 6.45) is 3.30. The van der Waals surface area contributed by atoms with Crippen LogP contribution >= 0.6 is 11.3 Å². The number of aliphatic hydroxyl groups excluding tert-OH is 1. The Morgan fingerprint density at radius 1 is 1.43 bits per heavy atom. The van der Waals surface area contributed by atoms with E-state index in [0.29, 0.717) is 17.1 Å². The van der Waals surface area contributed by atoms with Gasteiger partial charge >= 0.3 is 0 Å². The number of rotatable bonds is 4. The fourth-order valence-electron chi connectivity index (χ4n) is 2.29. The quantitative estimate of drug-likeness (QED) is 0.778. The molecule has 0 aliphatic heterocycles. The number of fused-ring (bicyclic) bond motifs is 1. The Morgan fingerprint density at radius 3 is 3.00 bits per heavy atom. The minimum atomic E-state index is -0.474. The fraction of sp³-hybridized carbons (Fsp3) is 0.333. The summed E-state index contributed by atoms with van der Waals surface area (Å²) in [6.45, 7) is 4.43. The first-order chi connectivity index (χ1) is 10.0. The maximum atomic E-state index is 11.9. The zero-order valence-electron chi connectivity index (χ0n) is 11.9. The molecule has 2 N–H and O–H groups in total. The third-order valence-electron chi connectivity index (χ3n) is 3.44. The van der Waals surface area contributed by atoms with E-state index < -0.39 is 6.10 Å². The number of aromatic nitrogens is 3. The molecule has 21 heavy (non-hydrogen) atoms. The van der Waals surface area contributed by atoms with Crippen molar-refractivity contribution < 1.29 is 5.11 Å². The van der Waals surface area contributed by atoms with Crippen LogP contribution in [-0.4, -0.2) is 19.6 Å². The summed E-state index contributed by atoms with van der Waals surface area (Å²) in [5, 5.41) is 11.9. The monoisotopic (exact) mass is 303 g/mol. The Hall–Kier alpha value is -1.92. The minimum absolute atomic E-state index is 0.0976. The zero-order chi connectivity index (χ0) is 15.0. The highest BCUT2D eigenvalue weighted by molar-refractivity contribution is 7.17. The highest BCUT2D eigenvalue weighted by Crippen LogP contribution is 2.21. The number of aliphatic hydroxyl groups is 1. The lowest BCUT2D eigenvalue weighted by molar-refractivity contribution is 0.127. The molecular weight excluding hydrogens is 286 g/mol. The van der Waals surface area contributed by atoms with Crippen LogP contribution in [0.1, 0.15) is 31.3 Å². The van der Waals surface area contributed by atoms with Crippen LogP contribution in [0, 0.1) is 5.92 Å². The van der Waals surface area contributed by atoms with Crippen molar-refractivity contribution in [1.29, 1.82) is 0 Å². The first kappa shape index (κ1) is 14.0. The molecule has 0 fully saturated rings. The SMILES string of the molecule is CC(C)C(O)c1ccn(Cc2nc3ccsc3c(=O)[nH]2)c1. The van der Waals surface area contributed by atoms with Gasteiger partial charge in [0.15, 0.2) is 0 Å². The van der Waals surface area contributed by atoms with E-state index in [2.05, 4.69) is 9.97 Å². The highest BCUT2D eigenvalue weighted by atomic mass is 32.1. The lowest BCUT2D eigenvalue weighted by Gasteiger charge is -2.12. The average molecular weight is 303 g/mol. The predicted octanol–water partition coefficient (Wildman–Crippen LogP) is 2.52. The van der Waals surface area contributed by atoms with Crippen molar-refractivity contribution in [3.63, 3.8) is 0 Å². The van der Waals surface area contributed by atoms with Crippen molar-refractivity contribution in [2.24, 2.45) is 5.92 Å².